The lowest BCUT2D eigenvalue weighted by Crippen LogP contribution is -2.73. The Bertz CT molecular complexity index is 1170. The molecule has 7 unspecified atom stereocenters. The van der Waals surface area contributed by atoms with Gasteiger partial charge in [0, 0.05) is 42.4 Å². The number of halogens is 1. The molecule has 4 aliphatic heterocycles. The monoisotopic (exact) mass is 582 g/mol. The van der Waals surface area contributed by atoms with E-state index in [0.717, 1.165) is 56.3 Å². The summed E-state index contributed by atoms with van der Waals surface area (Å²) >= 11 is 1.52. The molecule has 0 aromatic heterocycles. The van der Waals surface area contributed by atoms with Crippen LogP contribution in [0.15, 0.2) is 36.9 Å². The number of nitriles is 1. The Morgan fingerprint density at radius 2 is 2.12 bits per heavy atom. The SMILES string of the molecule is C=CC(=O)N1CCN(C2NC(OCC3CCCN3C)NC3C[C@]4(CCC32)Cc2ccccc2C(F)S4)CC1CC#N. The summed E-state index contributed by atoms with van der Waals surface area (Å²) in [5.41, 5.74) is 0.974. The van der Waals surface area contributed by atoms with Gasteiger partial charge in [0.2, 0.25) is 5.91 Å². The number of likely N-dealkylation sites (N-methyl/N-ethyl adjacent to an activating group) is 1. The summed E-state index contributed by atoms with van der Waals surface area (Å²) in [7, 11) is 2.16. The number of carbonyl (C=O) groups is 1. The van der Waals surface area contributed by atoms with Crippen molar-refractivity contribution in [3.8, 4) is 6.07 Å². The van der Waals surface area contributed by atoms with E-state index >= 15 is 4.39 Å². The normalized spacial score (nSPS) is 37.8. The fourth-order valence-corrected chi connectivity index (χ4v) is 9.46. The van der Waals surface area contributed by atoms with E-state index in [2.05, 4.69) is 46.2 Å². The van der Waals surface area contributed by atoms with Gasteiger partial charge in [-0.2, -0.15) is 5.26 Å². The van der Waals surface area contributed by atoms with Gasteiger partial charge in [-0.25, -0.2) is 4.39 Å². The Morgan fingerprint density at radius 1 is 1.27 bits per heavy atom. The van der Waals surface area contributed by atoms with E-state index in [0.29, 0.717) is 38.1 Å². The first-order chi connectivity index (χ1) is 19.9. The molecule has 1 aromatic rings. The Labute approximate surface area is 247 Å². The highest BCUT2D eigenvalue weighted by Crippen LogP contribution is 2.55. The van der Waals surface area contributed by atoms with Gasteiger partial charge in [0.05, 0.1) is 31.3 Å². The van der Waals surface area contributed by atoms with E-state index < -0.39 is 5.50 Å². The number of likely N-dealkylation sites (tertiary alicyclic amines) is 1. The fraction of sp³-hybridized carbons (Fsp3) is 0.677. The molecule has 1 aromatic carbocycles. The molecule has 4 heterocycles. The van der Waals surface area contributed by atoms with Crippen LogP contribution in [0.4, 0.5) is 4.39 Å². The van der Waals surface area contributed by atoms with E-state index in [1.807, 2.05) is 18.2 Å². The third kappa shape index (κ3) is 5.95. The number of amides is 1. The number of piperazine rings is 1. The second kappa shape index (κ2) is 12.3. The summed E-state index contributed by atoms with van der Waals surface area (Å²) in [6.07, 6.45) is 7.43. The average Bonchev–Trinajstić information content (AvgIpc) is 3.39. The Balaban J connectivity index is 1.22. The molecule has 0 radical (unpaired) electrons. The summed E-state index contributed by atoms with van der Waals surface area (Å²) in [5.74, 6) is 0.202. The van der Waals surface area contributed by atoms with Crippen LogP contribution in [0.25, 0.3) is 0 Å². The van der Waals surface area contributed by atoms with Gasteiger partial charge in [0.25, 0.3) is 0 Å². The second-order valence-corrected chi connectivity index (χ2v) is 14.0. The van der Waals surface area contributed by atoms with Gasteiger partial charge in [-0.05, 0) is 69.3 Å². The number of alkyl halides is 1. The number of ether oxygens (including phenoxy) is 1. The predicted octanol–water partition coefficient (Wildman–Crippen LogP) is 3.38. The Kier molecular flexibility index (Phi) is 8.74. The van der Waals surface area contributed by atoms with Gasteiger partial charge in [0.1, 0.15) is 0 Å². The molecule has 222 valence electrons. The van der Waals surface area contributed by atoms with E-state index in [9.17, 15) is 10.1 Å². The van der Waals surface area contributed by atoms with Gasteiger partial charge in [-0.3, -0.25) is 20.3 Å². The van der Waals surface area contributed by atoms with Crippen LogP contribution in [0.2, 0.25) is 0 Å². The summed E-state index contributed by atoms with van der Waals surface area (Å²) in [6, 6.07) is 10.7. The van der Waals surface area contributed by atoms with E-state index in [-0.39, 0.29) is 35.3 Å². The zero-order valence-electron chi connectivity index (χ0n) is 24.0. The third-order valence-corrected chi connectivity index (χ3v) is 11.6. The summed E-state index contributed by atoms with van der Waals surface area (Å²) in [6.45, 7) is 7.35. The molecule has 4 fully saturated rings. The van der Waals surface area contributed by atoms with Crippen molar-refractivity contribution in [1.82, 2.24) is 25.3 Å². The van der Waals surface area contributed by atoms with Crippen molar-refractivity contribution in [2.75, 3.05) is 39.8 Å². The Morgan fingerprint density at radius 3 is 2.90 bits per heavy atom. The average molecular weight is 583 g/mol. The van der Waals surface area contributed by atoms with Crippen molar-refractivity contribution in [3.63, 3.8) is 0 Å². The minimum atomic E-state index is -0.999. The number of thioether (sulfide) groups is 1. The van der Waals surface area contributed by atoms with Crippen molar-refractivity contribution in [2.24, 2.45) is 5.92 Å². The lowest BCUT2D eigenvalue weighted by atomic mass is 9.72. The first-order valence-corrected chi connectivity index (χ1v) is 16.1. The van der Waals surface area contributed by atoms with Crippen LogP contribution in [0.3, 0.4) is 0 Å². The summed E-state index contributed by atoms with van der Waals surface area (Å²) in [5, 5.41) is 17.1. The number of benzene rings is 1. The molecule has 8 atom stereocenters. The minimum absolute atomic E-state index is 0.0501. The van der Waals surface area contributed by atoms with Crippen molar-refractivity contribution >= 4 is 17.7 Å². The highest BCUT2D eigenvalue weighted by Gasteiger charge is 2.51. The molecule has 1 saturated carbocycles. The topological polar surface area (TPSA) is 83.9 Å². The maximum atomic E-state index is 15.5. The molecule has 2 N–H and O–H groups in total. The maximum Gasteiger partial charge on any atom is 0.246 e. The molecule has 1 spiro atoms. The van der Waals surface area contributed by atoms with Gasteiger partial charge >= 0.3 is 0 Å². The van der Waals surface area contributed by atoms with Crippen LogP contribution in [0.1, 0.15) is 55.2 Å². The van der Waals surface area contributed by atoms with Gasteiger partial charge in [0.15, 0.2) is 11.9 Å². The van der Waals surface area contributed by atoms with E-state index in [1.54, 1.807) is 4.90 Å². The second-order valence-electron chi connectivity index (χ2n) is 12.5. The third-order valence-electron chi connectivity index (χ3n) is 10.1. The molecular weight excluding hydrogens is 539 g/mol. The standard InChI is InChI=1S/C31H43FN6O2S/c1-3-27(39)38-16-15-37(19-22(38)11-13-33)29-25-10-12-31(17-21-7-4-5-9-24(21)28(32)41-31)18-26(25)34-30(35-29)40-20-23-8-6-14-36(23)2/h3-5,7,9,22-23,25-26,28-30,34-35H,1,6,8,10-12,14-20H2,2H3/t22?,23?,25?,26?,28?,29?,30?,31-/m0/s1. The smallest absolute Gasteiger partial charge is 0.246 e. The number of rotatable bonds is 6. The summed E-state index contributed by atoms with van der Waals surface area (Å²) in [4.78, 5) is 19.1. The van der Waals surface area contributed by atoms with Crippen LogP contribution >= 0.6 is 11.8 Å². The number of hydrogen-bond acceptors (Lipinski definition) is 8. The number of nitrogens with zero attached hydrogens (tertiary/aromatic N) is 4. The van der Waals surface area contributed by atoms with Crippen LogP contribution in [-0.2, 0) is 16.0 Å². The van der Waals surface area contributed by atoms with Crippen molar-refractivity contribution in [2.45, 2.75) is 85.8 Å². The van der Waals surface area contributed by atoms with Crippen molar-refractivity contribution < 1.29 is 13.9 Å². The zero-order chi connectivity index (χ0) is 28.6. The summed E-state index contributed by atoms with van der Waals surface area (Å²) < 4.78 is 21.8. The molecular formula is C31H43FN6O2S. The molecule has 1 aliphatic carbocycles. The number of hydrogen-bond donors (Lipinski definition) is 2. The van der Waals surface area contributed by atoms with E-state index in [1.165, 1.54) is 24.3 Å². The van der Waals surface area contributed by atoms with Crippen LogP contribution in [0.5, 0.6) is 0 Å². The lowest BCUT2D eigenvalue weighted by molar-refractivity contribution is -0.135. The highest BCUT2D eigenvalue weighted by atomic mass is 32.2. The molecule has 41 heavy (non-hydrogen) atoms. The number of fused-ring (bicyclic) bond motifs is 2. The lowest BCUT2D eigenvalue weighted by Gasteiger charge is -2.56. The van der Waals surface area contributed by atoms with Gasteiger partial charge in [-0.1, -0.05) is 30.8 Å². The van der Waals surface area contributed by atoms with Crippen molar-refractivity contribution in [3.05, 3.63) is 48.0 Å². The zero-order valence-corrected chi connectivity index (χ0v) is 24.8. The molecule has 8 nitrogen and oxygen atoms in total. The molecule has 1 amide bonds. The molecule has 3 saturated heterocycles. The van der Waals surface area contributed by atoms with Crippen LogP contribution < -0.4 is 10.6 Å². The van der Waals surface area contributed by atoms with Gasteiger partial charge < -0.3 is 14.5 Å². The highest BCUT2D eigenvalue weighted by molar-refractivity contribution is 8.00. The maximum absolute atomic E-state index is 15.5. The van der Waals surface area contributed by atoms with E-state index in [4.69, 9.17) is 4.74 Å². The Hall–Kier alpha value is -2.00. The molecule has 0 bridgehead atoms. The first kappa shape index (κ1) is 29.1. The van der Waals surface area contributed by atoms with Crippen LogP contribution in [-0.4, -0.2) is 95.8 Å². The van der Waals surface area contributed by atoms with Gasteiger partial charge in [-0.15, -0.1) is 11.8 Å². The molecule has 6 rings (SSSR count). The number of nitrogens with one attached hydrogen (secondary N) is 2. The van der Waals surface area contributed by atoms with Crippen LogP contribution in [0, 0.1) is 17.2 Å². The quantitative estimate of drug-likeness (QED) is 0.494. The van der Waals surface area contributed by atoms with Crippen molar-refractivity contribution in [1.29, 1.82) is 5.26 Å². The largest absolute Gasteiger partial charge is 0.348 e. The number of carbonyl (C=O) groups excluding carboxylic acids is 1. The predicted molar refractivity (Wildman–Crippen MR) is 158 cm³/mol. The molecule has 10 heteroatoms. The molecule has 5 aliphatic rings. The first-order valence-electron chi connectivity index (χ1n) is 15.2. The minimum Gasteiger partial charge on any atom is -0.348 e. The fourth-order valence-electron chi connectivity index (χ4n) is 7.91.